The lowest BCUT2D eigenvalue weighted by molar-refractivity contribution is 0.0561. The average Bonchev–Trinajstić information content (AvgIpc) is 2.20. The van der Waals surface area contributed by atoms with E-state index in [-0.39, 0.29) is 16.3 Å². The Kier molecular flexibility index (Phi) is 4.15. The van der Waals surface area contributed by atoms with Gasteiger partial charge in [-0.15, -0.1) is 0 Å². The van der Waals surface area contributed by atoms with Gasteiger partial charge in [0, 0.05) is 0 Å². The van der Waals surface area contributed by atoms with Crippen molar-refractivity contribution in [3.63, 3.8) is 0 Å². The molecule has 0 saturated heterocycles. The molecule has 1 rings (SSSR count). The van der Waals surface area contributed by atoms with E-state index in [0.717, 1.165) is 0 Å². The van der Waals surface area contributed by atoms with Gasteiger partial charge in [-0.25, -0.2) is 4.79 Å². The maximum absolute atomic E-state index is 10.9. The summed E-state index contributed by atoms with van der Waals surface area (Å²) < 4.78 is 5.34. The van der Waals surface area contributed by atoms with Crippen LogP contribution < -0.4 is 4.74 Å². The van der Waals surface area contributed by atoms with Gasteiger partial charge in [-0.05, 0) is 26.0 Å². The first-order chi connectivity index (χ1) is 7.43. The maximum Gasteiger partial charge on any atom is 0.339 e. The molecule has 2 unspecified atom stereocenters. The van der Waals surface area contributed by atoms with Crippen LogP contribution in [0.4, 0.5) is 0 Å². The van der Waals surface area contributed by atoms with E-state index in [1.165, 1.54) is 18.2 Å². The van der Waals surface area contributed by atoms with Crippen LogP contribution in [0.25, 0.3) is 0 Å². The molecule has 0 amide bonds. The van der Waals surface area contributed by atoms with Crippen LogP contribution in [0, 0.1) is 0 Å². The number of hydrogen-bond acceptors (Lipinski definition) is 3. The molecule has 0 aliphatic rings. The number of ether oxygens (including phenoxy) is 1. The predicted octanol–water partition coefficient (Wildman–Crippen LogP) is 2.19. The van der Waals surface area contributed by atoms with Crippen molar-refractivity contribution >= 4 is 17.6 Å². The van der Waals surface area contributed by atoms with Gasteiger partial charge in [-0.2, -0.15) is 0 Å². The number of aromatic carboxylic acids is 1. The highest BCUT2D eigenvalue weighted by Gasteiger charge is 2.18. The minimum Gasteiger partial charge on any atom is -0.486 e. The second-order valence-corrected chi connectivity index (χ2v) is 3.89. The molecule has 0 saturated carbocycles. The fraction of sp³-hybridized carbons (Fsp3) is 0.364. The summed E-state index contributed by atoms with van der Waals surface area (Å²) in [4.78, 5) is 10.9. The van der Waals surface area contributed by atoms with E-state index < -0.39 is 18.2 Å². The number of carboxylic acids is 1. The molecule has 0 spiro atoms. The number of carboxylic acid groups (broad SMARTS) is 1. The molecule has 2 atom stereocenters. The summed E-state index contributed by atoms with van der Waals surface area (Å²) in [6.45, 7) is 3.20. The van der Waals surface area contributed by atoms with Crippen LogP contribution in [0.2, 0.25) is 5.02 Å². The third-order valence-corrected chi connectivity index (χ3v) is 2.48. The Balaban J connectivity index is 3.06. The number of aliphatic hydroxyl groups is 1. The molecule has 5 heteroatoms. The maximum atomic E-state index is 10.9. The van der Waals surface area contributed by atoms with Gasteiger partial charge in [0.2, 0.25) is 0 Å². The van der Waals surface area contributed by atoms with E-state index in [2.05, 4.69) is 0 Å². The summed E-state index contributed by atoms with van der Waals surface area (Å²) in [5, 5.41) is 18.4. The quantitative estimate of drug-likeness (QED) is 0.852. The number of aliphatic hydroxyl groups excluding tert-OH is 1. The Labute approximate surface area is 98.4 Å². The summed E-state index contributed by atoms with van der Waals surface area (Å²) in [5.74, 6) is -1.03. The Morgan fingerprint density at radius 2 is 2.06 bits per heavy atom. The number of benzene rings is 1. The molecule has 16 heavy (non-hydrogen) atoms. The van der Waals surface area contributed by atoms with Crippen LogP contribution in [0.3, 0.4) is 0 Å². The number of carbonyl (C=O) groups is 1. The molecular weight excluding hydrogens is 232 g/mol. The molecule has 0 fully saturated rings. The van der Waals surface area contributed by atoms with Gasteiger partial charge in [-0.1, -0.05) is 17.7 Å². The monoisotopic (exact) mass is 244 g/mol. The Bertz CT molecular complexity index is 390. The largest absolute Gasteiger partial charge is 0.486 e. The molecule has 0 bridgehead atoms. The second kappa shape index (κ2) is 5.18. The summed E-state index contributed by atoms with van der Waals surface area (Å²) in [5.41, 5.74) is -0.0139. The molecule has 0 heterocycles. The van der Waals surface area contributed by atoms with E-state index in [0.29, 0.717) is 0 Å². The van der Waals surface area contributed by atoms with Crippen LogP contribution in [-0.4, -0.2) is 28.4 Å². The standard InChI is InChI=1S/C11H13ClO4/c1-6(13)7(2)16-10-8(11(14)15)4-3-5-9(10)12/h3-7,13H,1-2H3,(H,14,15). The lowest BCUT2D eigenvalue weighted by atomic mass is 10.2. The van der Waals surface area contributed by atoms with E-state index in [4.69, 9.17) is 21.4 Å². The summed E-state index contributed by atoms with van der Waals surface area (Å²) >= 11 is 5.85. The topological polar surface area (TPSA) is 66.8 Å². The number of para-hydroxylation sites is 1. The van der Waals surface area contributed by atoms with Gasteiger partial charge in [0.15, 0.2) is 5.75 Å². The SMILES string of the molecule is CC(O)C(C)Oc1c(Cl)cccc1C(=O)O. The Morgan fingerprint density at radius 3 is 2.56 bits per heavy atom. The second-order valence-electron chi connectivity index (χ2n) is 3.49. The van der Waals surface area contributed by atoms with Crippen LogP contribution in [0.15, 0.2) is 18.2 Å². The van der Waals surface area contributed by atoms with E-state index in [9.17, 15) is 9.90 Å². The van der Waals surface area contributed by atoms with Gasteiger partial charge in [0.25, 0.3) is 0 Å². The molecule has 0 aliphatic heterocycles. The minimum atomic E-state index is -1.12. The van der Waals surface area contributed by atoms with Gasteiger partial charge in [-0.3, -0.25) is 0 Å². The van der Waals surface area contributed by atoms with Crippen LogP contribution in [-0.2, 0) is 0 Å². The summed E-state index contributed by atoms with van der Waals surface area (Å²) in [6.07, 6.45) is -1.24. The Hall–Kier alpha value is -1.26. The number of hydrogen-bond donors (Lipinski definition) is 2. The fourth-order valence-electron chi connectivity index (χ4n) is 1.08. The van der Waals surface area contributed by atoms with Gasteiger partial charge in [0.1, 0.15) is 11.7 Å². The molecule has 2 N–H and O–H groups in total. The predicted molar refractivity (Wildman–Crippen MR) is 60.2 cm³/mol. The van der Waals surface area contributed by atoms with Gasteiger partial charge < -0.3 is 14.9 Å². The first-order valence-electron chi connectivity index (χ1n) is 4.80. The van der Waals surface area contributed by atoms with Crippen LogP contribution >= 0.6 is 11.6 Å². The van der Waals surface area contributed by atoms with Crippen molar-refractivity contribution < 1.29 is 19.7 Å². The smallest absolute Gasteiger partial charge is 0.339 e. The Morgan fingerprint density at radius 1 is 1.44 bits per heavy atom. The molecule has 88 valence electrons. The van der Waals surface area contributed by atoms with E-state index in [1.807, 2.05) is 0 Å². The number of rotatable bonds is 4. The molecule has 1 aromatic carbocycles. The van der Waals surface area contributed by atoms with Crippen molar-refractivity contribution in [3.8, 4) is 5.75 Å². The van der Waals surface area contributed by atoms with Gasteiger partial charge >= 0.3 is 5.97 Å². The van der Waals surface area contributed by atoms with Crippen molar-refractivity contribution in [2.24, 2.45) is 0 Å². The summed E-state index contributed by atoms with van der Waals surface area (Å²) in [6, 6.07) is 4.47. The van der Waals surface area contributed by atoms with Crippen molar-refractivity contribution in [2.75, 3.05) is 0 Å². The highest BCUT2D eigenvalue weighted by molar-refractivity contribution is 6.32. The number of halogens is 1. The highest BCUT2D eigenvalue weighted by Crippen LogP contribution is 2.29. The minimum absolute atomic E-state index is 0.0139. The zero-order valence-corrected chi connectivity index (χ0v) is 9.73. The van der Waals surface area contributed by atoms with Crippen molar-refractivity contribution in [2.45, 2.75) is 26.1 Å². The zero-order chi connectivity index (χ0) is 12.3. The lowest BCUT2D eigenvalue weighted by Gasteiger charge is -2.19. The zero-order valence-electron chi connectivity index (χ0n) is 8.98. The van der Waals surface area contributed by atoms with Crippen LogP contribution in [0.1, 0.15) is 24.2 Å². The normalized spacial score (nSPS) is 14.2. The lowest BCUT2D eigenvalue weighted by Crippen LogP contribution is -2.26. The summed E-state index contributed by atoms with van der Waals surface area (Å²) in [7, 11) is 0. The third kappa shape index (κ3) is 2.87. The average molecular weight is 245 g/mol. The molecule has 0 radical (unpaired) electrons. The van der Waals surface area contributed by atoms with Crippen molar-refractivity contribution in [3.05, 3.63) is 28.8 Å². The van der Waals surface area contributed by atoms with Crippen molar-refractivity contribution in [1.29, 1.82) is 0 Å². The molecule has 1 aromatic rings. The van der Waals surface area contributed by atoms with E-state index in [1.54, 1.807) is 13.8 Å². The van der Waals surface area contributed by atoms with Crippen LogP contribution in [0.5, 0.6) is 5.75 Å². The molecule has 0 aromatic heterocycles. The molecular formula is C11H13ClO4. The molecule has 4 nitrogen and oxygen atoms in total. The first-order valence-corrected chi connectivity index (χ1v) is 5.17. The third-order valence-electron chi connectivity index (χ3n) is 2.18. The first kappa shape index (κ1) is 12.8. The molecule has 0 aliphatic carbocycles. The van der Waals surface area contributed by atoms with Crippen molar-refractivity contribution in [1.82, 2.24) is 0 Å². The fourth-order valence-corrected chi connectivity index (χ4v) is 1.30. The van der Waals surface area contributed by atoms with Gasteiger partial charge in [0.05, 0.1) is 11.1 Å². The van der Waals surface area contributed by atoms with E-state index >= 15 is 0 Å². The highest BCUT2D eigenvalue weighted by atomic mass is 35.5.